The number of thiophene rings is 1. The fourth-order valence-corrected chi connectivity index (χ4v) is 4.24. The van der Waals surface area contributed by atoms with Crippen LogP contribution in [-0.2, 0) is 14.8 Å². The predicted octanol–water partition coefficient (Wildman–Crippen LogP) is 3.97. The summed E-state index contributed by atoms with van der Waals surface area (Å²) in [6, 6.07) is 7.79. The van der Waals surface area contributed by atoms with Gasteiger partial charge in [0.2, 0.25) is 10.0 Å². The third kappa shape index (κ3) is 5.58. The van der Waals surface area contributed by atoms with Crippen molar-refractivity contribution in [1.29, 1.82) is 0 Å². The van der Waals surface area contributed by atoms with E-state index in [1.165, 1.54) is 30.6 Å². The lowest BCUT2D eigenvalue weighted by molar-refractivity contribution is -0.275. The molecule has 1 aromatic heterocycles. The maximum absolute atomic E-state index is 12.4. The van der Waals surface area contributed by atoms with Crippen LogP contribution in [0.15, 0.2) is 41.3 Å². The first-order chi connectivity index (χ1) is 11.6. The topological polar surface area (TPSA) is 64.6 Å². The van der Waals surface area contributed by atoms with E-state index in [-0.39, 0.29) is 6.54 Å². The fraction of sp³-hybridized carbons (Fsp3) is 0.286. The van der Waals surface area contributed by atoms with Crippen LogP contribution < -0.4 is 9.46 Å². The van der Waals surface area contributed by atoms with E-state index in [2.05, 4.69) is 9.46 Å². The molecular weight excluding hydrogens is 403 g/mol. The number of benzene rings is 1. The van der Waals surface area contributed by atoms with Crippen LogP contribution in [0.4, 0.5) is 13.2 Å². The Morgan fingerprint density at radius 1 is 1.24 bits per heavy atom. The van der Waals surface area contributed by atoms with Gasteiger partial charge in [-0.05, 0) is 24.3 Å². The SMILES string of the molecule is CO[C@H](CNS(=O)(=O)c1ccccc1OC(F)(F)F)c1ccc(Cl)s1. The molecule has 0 aliphatic carbocycles. The molecule has 1 atom stereocenters. The quantitative estimate of drug-likeness (QED) is 0.743. The molecule has 0 bridgehead atoms. The standard InChI is InChI=1S/C14H13ClF3NO4S2/c1-22-10(11-6-7-13(15)24-11)8-19-25(20,21)12-5-3-2-4-9(12)23-14(16,17)18/h2-7,10,19H,8H2,1H3/t10-/m1/s1. The summed E-state index contributed by atoms with van der Waals surface area (Å²) in [5.41, 5.74) is 0. The molecule has 0 radical (unpaired) electrons. The highest BCUT2D eigenvalue weighted by molar-refractivity contribution is 7.89. The van der Waals surface area contributed by atoms with E-state index in [0.717, 1.165) is 12.1 Å². The number of sulfonamides is 1. The van der Waals surface area contributed by atoms with E-state index in [9.17, 15) is 21.6 Å². The molecule has 138 valence electrons. The van der Waals surface area contributed by atoms with Gasteiger partial charge in [-0.25, -0.2) is 13.1 Å². The minimum Gasteiger partial charge on any atom is -0.404 e. The number of halogens is 4. The van der Waals surface area contributed by atoms with Crippen LogP contribution in [0.25, 0.3) is 0 Å². The average molecular weight is 416 g/mol. The minimum absolute atomic E-state index is 0.184. The number of rotatable bonds is 7. The summed E-state index contributed by atoms with van der Waals surface area (Å²) < 4.78 is 73.7. The number of hydrogen-bond donors (Lipinski definition) is 1. The first kappa shape index (κ1) is 20.0. The van der Waals surface area contributed by atoms with Gasteiger partial charge in [0.25, 0.3) is 0 Å². The lowest BCUT2D eigenvalue weighted by atomic mass is 10.3. The molecule has 0 saturated carbocycles. The first-order valence-corrected chi connectivity index (χ1v) is 9.42. The van der Waals surface area contributed by atoms with E-state index >= 15 is 0 Å². The van der Waals surface area contributed by atoms with Crippen molar-refractivity contribution in [3.63, 3.8) is 0 Å². The summed E-state index contributed by atoms with van der Waals surface area (Å²) in [5, 5.41) is 0. The van der Waals surface area contributed by atoms with E-state index in [1.807, 2.05) is 0 Å². The van der Waals surface area contributed by atoms with Gasteiger partial charge in [0, 0.05) is 18.5 Å². The van der Waals surface area contributed by atoms with Gasteiger partial charge in [0.1, 0.15) is 16.7 Å². The van der Waals surface area contributed by atoms with Crippen molar-refractivity contribution >= 4 is 33.0 Å². The molecule has 11 heteroatoms. The Morgan fingerprint density at radius 3 is 2.48 bits per heavy atom. The smallest absolute Gasteiger partial charge is 0.404 e. The third-order valence-corrected chi connectivity index (χ3v) is 5.81. The van der Waals surface area contributed by atoms with Crippen LogP contribution >= 0.6 is 22.9 Å². The van der Waals surface area contributed by atoms with Gasteiger partial charge in [-0.15, -0.1) is 24.5 Å². The summed E-state index contributed by atoms with van der Waals surface area (Å²) >= 11 is 7.04. The molecule has 25 heavy (non-hydrogen) atoms. The number of ether oxygens (including phenoxy) is 2. The Bertz CT molecular complexity index is 823. The number of nitrogens with one attached hydrogen (secondary N) is 1. The molecule has 5 nitrogen and oxygen atoms in total. The maximum Gasteiger partial charge on any atom is 0.573 e. The minimum atomic E-state index is -5.01. The molecule has 0 saturated heterocycles. The Kier molecular flexibility index (Phi) is 6.33. The number of alkyl halides is 3. The molecule has 0 spiro atoms. The largest absolute Gasteiger partial charge is 0.573 e. The van der Waals surface area contributed by atoms with Crippen molar-refractivity contribution in [1.82, 2.24) is 4.72 Å². The Balaban J connectivity index is 2.19. The van der Waals surface area contributed by atoms with Crippen LogP contribution in [0.3, 0.4) is 0 Å². The summed E-state index contributed by atoms with van der Waals surface area (Å²) in [7, 11) is -2.87. The van der Waals surface area contributed by atoms with Crippen LogP contribution in [0, 0.1) is 0 Å². The van der Waals surface area contributed by atoms with Crippen molar-refractivity contribution in [2.24, 2.45) is 0 Å². The molecule has 0 aliphatic rings. The third-order valence-electron chi connectivity index (χ3n) is 3.02. The number of para-hydroxylation sites is 1. The fourth-order valence-electron chi connectivity index (χ4n) is 1.95. The van der Waals surface area contributed by atoms with Gasteiger partial charge in [0.05, 0.1) is 4.34 Å². The molecule has 1 N–H and O–H groups in total. The van der Waals surface area contributed by atoms with Crippen LogP contribution in [-0.4, -0.2) is 28.4 Å². The zero-order valence-corrected chi connectivity index (χ0v) is 15.1. The van der Waals surface area contributed by atoms with Crippen LogP contribution in [0.5, 0.6) is 5.75 Å². The molecular formula is C14H13ClF3NO4S2. The van der Waals surface area contributed by atoms with Gasteiger partial charge in [-0.2, -0.15) is 0 Å². The van der Waals surface area contributed by atoms with Crippen molar-refractivity contribution in [2.75, 3.05) is 13.7 Å². The molecule has 1 heterocycles. The second kappa shape index (κ2) is 7.92. The zero-order chi connectivity index (χ0) is 18.7. The molecule has 0 fully saturated rings. The van der Waals surface area contributed by atoms with Gasteiger partial charge in [-0.3, -0.25) is 0 Å². The van der Waals surface area contributed by atoms with Crippen LogP contribution in [0.1, 0.15) is 11.0 Å². The van der Waals surface area contributed by atoms with Crippen molar-refractivity contribution < 1.29 is 31.1 Å². The lowest BCUT2D eigenvalue weighted by Crippen LogP contribution is -2.30. The van der Waals surface area contributed by atoms with Crippen molar-refractivity contribution in [2.45, 2.75) is 17.4 Å². The summed E-state index contributed by atoms with van der Waals surface area (Å²) in [4.78, 5) is 0.0569. The summed E-state index contributed by atoms with van der Waals surface area (Å²) in [6.45, 7) is -0.184. The van der Waals surface area contributed by atoms with Gasteiger partial charge in [-0.1, -0.05) is 23.7 Å². The zero-order valence-electron chi connectivity index (χ0n) is 12.7. The Labute approximate surface area is 151 Å². The number of hydrogen-bond acceptors (Lipinski definition) is 5. The second-order valence-corrected chi connectivity index (χ2v) is 8.19. The van der Waals surface area contributed by atoms with E-state index in [0.29, 0.717) is 9.21 Å². The molecule has 0 unspecified atom stereocenters. The monoisotopic (exact) mass is 415 g/mol. The highest BCUT2D eigenvalue weighted by atomic mass is 35.5. The second-order valence-electron chi connectivity index (χ2n) is 4.71. The highest BCUT2D eigenvalue weighted by Crippen LogP contribution is 2.31. The Morgan fingerprint density at radius 2 is 1.92 bits per heavy atom. The van der Waals surface area contributed by atoms with E-state index in [1.54, 1.807) is 12.1 Å². The van der Waals surface area contributed by atoms with E-state index < -0.39 is 33.1 Å². The maximum atomic E-state index is 12.4. The van der Waals surface area contributed by atoms with Crippen molar-refractivity contribution in [3.05, 3.63) is 45.6 Å². The highest BCUT2D eigenvalue weighted by Gasteiger charge is 2.34. The number of methoxy groups -OCH3 is 1. The van der Waals surface area contributed by atoms with Crippen molar-refractivity contribution in [3.8, 4) is 5.75 Å². The summed E-state index contributed by atoms with van der Waals surface area (Å²) in [6.07, 6.45) is -5.64. The van der Waals surface area contributed by atoms with Gasteiger partial charge in [0.15, 0.2) is 0 Å². The Hall–Kier alpha value is -1.33. The molecule has 1 aromatic carbocycles. The van der Waals surface area contributed by atoms with E-state index in [4.69, 9.17) is 16.3 Å². The average Bonchev–Trinajstić information content (AvgIpc) is 2.93. The lowest BCUT2D eigenvalue weighted by Gasteiger charge is -2.17. The molecule has 2 rings (SSSR count). The van der Waals surface area contributed by atoms with Crippen LogP contribution in [0.2, 0.25) is 4.34 Å². The summed E-state index contributed by atoms with van der Waals surface area (Å²) in [5.74, 6) is -0.810. The first-order valence-electron chi connectivity index (χ1n) is 6.75. The van der Waals surface area contributed by atoms with Gasteiger partial charge >= 0.3 is 6.36 Å². The molecule has 0 amide bonds. The van der Waals surface area contributed by atoms with Gasteiger partial charge < -0.3 is 9.47 Å². The molecule has 2 aromatic rings. The normalized spacial score (nSPS) is 13.6. The molecule has 0 aliphatic heterocycles. The predicted molar refractivity (Wildman–Crippen MR) is 87.4 cm³/mol.